The van der Waals surface area contributed by atoms with Crippen LogP contribution >= 0.6 is 0 Å². The van der Waals surface area contributed by atoms with Gasteiger partial charge in [0.2, 0.25) is 0 Å². The Balaban J connectivity index is 2.48. The number of rotatable bonds is 7. The van der Waals surface area contributed by atoms with Gasteiger partial charge in [0.05, 0.1) is 13.7 Å². The molecule has 1 rings (SSSR count). The number of benzene rings is 1. The summed E-state index contributed by atoms with van der Waals surface area (Å²) in [5, 5.41) is 3.42. The molecular weight excluding hydrogens is 214 g/mol. The van der Waals surface area contributed by atoms with Crippen molar-refractivity contribution in [3.8, 4) is 5.75 Å². The highest BCUT2D eigenvalue weighted by molar-refractivity contribution is 5.36. The molecule has 0 heterocycles. The van der Waals surface area contributed by atoms with Crippen LogP contribution in [0.2, 0.25) is 0 Å². The highest BCUT2D eigenvalue weighted by atomic mass is 16.5. The average molecular weight is 237 g/mol. The normalized spacial score (nSPS) is 12.5. The standard InChI is InChI=1S/C14H23NO2/c1-11-9-13(5-6-14(11)17-4)10-12(2)15-7-8-16-3/h5-6,9,12,15H,7-8,10H2,1-4H3. The zero-order valence-corrected chi connectivity index (χ0v) is 11.2. The van der Waals surface area contributed by atoms with E-state index in [1.807, 2.05) is 6.07 Å². The van der Waals surface area contributed by atoms with Crippen molar-refractivity contribution in [3.05, 3.63) is 29.3 Å². The fourth-order valence-electron chi connectivity index (χ4n) is 1.90. The van der Waals surface area contributed by atoms with Crippen molar-refractivity contribution in [1.29, 1.82) is 0 Å². The molecule has 0 amide bonds. The van der Waals surface area contributed by atoms with Crippen LogP contribution in [0.4, 0.5) is 0 Å². The van der Waals surface area contributed by atoms with E-state index in [9.17, 15) is 0 Å². The third-order valence-electron chi connectivity index (χ3n) is 2.80. The SMILES string of the molecule is COCCNC(C)Cc1ccc(OC)c(C)c1. The minimum atomic E-state index is 0.456. The van der Waals surface area contributed by atoms with E-state index in [0.717, 1.165) is 25.3 Å². The Kier molecular flexibility index (Phi) is 6.01. The molecule has 3 heteroatoms. The molecule has 0 aliphatic carbocycles. The van der Waals surface area contributed by atoms with Gasteiger partial charge in [-0.15, -0.1) is 0 Å². The molecule has 0 bridgehead atoms. The van der Waals surface area contributed by atoms with E-state index in [2.05, 4.69) is 31.3 Å². The molecular formula is C14H23NO2. The van der Waals surface area contributed by atoms with Gasteiger partial charge in [-0.05, 0) is 37.5 Å². The van der Waals surface area contributed by atoms with Gasteiger partial charge >= 0.3 is 0 Å². The van der Waals surface area contributed by atoms with Gasteiger partial charge in [0, 0.05) is 19.7 Å². The molecule has 1 N–H and O–H groups in total. The van der Waals surface area contributed by atoms with E-state index in [0.29, 0.717) is 6.04 Å². The maximum atomic E-state index is 5.25. The van der Waals surface area contributed by atoms with Crippen molar-refractivity contribution in [2.24, 2.45) is 0 Å². The number of aryl methyl sites for hydroxylation is 1. The van der Waals surface area contributed by atoms with Crippen molar-refractivity contribution >= 4 is 0 Å². The summed E-state index contributed by atoms with van der Waals surface area (Å²) in [7, 11) is 3.43. The van der Waals surface area contributed by atoms with E-state index >= 15 is 0 Å². The summed E-state index contributed by atoms with van der Waals surface area (Å²) in [4.78, 5) is 0. The van der Waals surface area contributed by atoms with Crippen molar-refractivity contribution in [2.75, 3.05) is 27.4 Å². The molecule has 0 fully saturated rings. The smallest absolute Gasteiger partial charge is 0.121 e. The van der Waals surface area contributed by atoms with Crippen LogP contribution in [0.3, 0.4) is 0 Å². The summed E-state index contributed by atoms with van der Waals surface area (Å²) >= 11 is 0. The molecule has 96 valence electrons. The van der Waals surface area contributed by atoms with Crippen molar-refractivity contribution < 1.29 is 9.47 Å². The van der Waals surface area contributed by atoms with Gasteiger partial charge < -0.3 is 14.8 Å². The second kappa shape index (κ2) is 7.30. The molecule has 1 aromatic rings. The van der Waals surface area contributed by atoms with Gasteiger partial charge in [0.25, 0.3) is 0 Å². The Labute approximate surface area is 104 Å². The van der Waals surface area contributed by atoms with Crippen LogP contribution in [0.1, 0.15) is 18.1 Å². The Bertz CT molecular complexity index is 339. The van der Waals surface area contributed by atoms with E-state index in [4.69, 9.17) is 9.47 Å². The molecule has 0 aromatic heterocycles. The van der Waals surface area contributed by atoms with Crippen molar-refractivity contribution in [2.45, 2.75) is 26.3 Å². The van der Waals surface area contributed by atoms with E-state index in [1.54, 1.807) is 14.2 Å². The first-order valence-corrected chi connectivity index (χ1v) is 6.03. The lowest BCUT2D eigenvalue weighted by molar-refractivity contribution is 0.196. The molecule has 0 spiro atoms. The molecule has 0 saturated carbocycles. The zero-order valence-electron chi connectivity index (χ0n) is 11.2. The molecule has 1 atom stereocenters. The first-order valence-electron chi connectivity index (χ1n) is 6.03. The number of hydrogen-bond donors (Lipinski definition) is 1. The maximum absolute atomic E-state index is 5.25. The van der Waals surface area contributed by atoms with Crippen LogP contribution in [0.15, 0.2) is 18.2 Å². The second-order valence-corrected chi connectivity index (χ2v) is 4.36. The Morgan fingerprint density at radius 3 is 2.65 bits per heavy atom. The highest BCUT2D eigenvalue weighted by Crippen LogP contribution is 2.19. The first kappa shape index (κ1) is 14.0. The number of ether oxygens (including phenoxy) is 2. The van der Waals surface area contributed by atoms with E-state index < -0.39 is 0 Å². The van der Waals surface area contributed by atoms with Gasteiger partial charge in [-0.25, -0.2) is 0 Å². The predicted octanol–water partition coefficient (Wildman–Crippen LogP) is 2.17. The Morgan fingerprint density at radius 1 is 1.29 bits per heavy atom. The molecule has 17 heavy (non-hydrogen) atoms. The Morgan fingerprint density at radius 2 is 2.06 bits per heavy atom. The summed E-state index contributed by atoms with van der Waals surface area (Å²) in [5.74, 6) is 0.953. The van der Waals surface area contributed by atoms with Gasteiger partial charge in [0.1, 0.15) is 5.75 Å². The minimum Gasteiger partial charge on any atom is -0.496 e. The fourth-order valence-corrected chi connectivity index (χ4v) is 1.90. The number of nitrogens with one attached hydrogen (secondary N) is 1. The minimum absolute atomic E-state index is 0.456. The fraction of sp³-hybridized carbons (Fsp3) is 0.571. The lowest BCUT2D eigenvalue weighted by Gasteiger charge is -2.14. The molecule has 0 aliphatic rings. The molecule has 1 aromatic carbocycles. The summed E-state index contributed by atoms with van der Waals surface area (Å²) in [6.45, 7) is 5.92. The second-order valence-electron chi connectivity index (χ2n) is 4.36. The van der Waals surface area contributed by atoms with Crippen molar-refractivity contribution in [3.63, 3.8) is 0 Å². The van der Waals surface area contributed by atoms with Gasteiger partial charge in [-0.2, -0.15) is 0 Å². The lowest BCUT2D eigenvalue weighted by Crippen LogP contribution is -2.30. The van der Waals surface area contributed by atoms with Crippen LogP contribution in [0, 0.1) is 6.92 Å². The van der Waals surface area contributed by atoms with Crippen LogP contribution in [-0.2, 0) is 11.2 Å². The van der Waals surface area contributed by atoms with Crippen LogP contribution in [-0.4, -0.2) is 33.4 Å². The predicted molar refractivity (Wildman–Crippen MR) is 70.8 cm³/mol. The summed E-state index contributed by atoms with van der Waals surface area (Å²) in [5.41, 5.74) is 2.52. The number of methoxy groups -OCH3 is 2. The molecule has 3 nitrogen and oxygen atoms in total. The monoisotopic (exact) mass is 237 g/mol. The van der Waals surface area contributed by atoms with Crippen LogP contribution in [0.25, 0.3) is 0 Å². The summed E-state index contributed by atoms with van der Waals surface area (Å²) in [6, 6.07) is 6.80. The Hall–Kier alpha value is -1.06. The van der Waals surface area contributed by atoms with Gasteiger partial charge in [-0.1, -0.05) is 12.1 Å². The molecule has 1 unspecified atom stereocenters. The third kappa shape index (κ3) is 4.75. The maximum Gasteiger partial charge on any atom is 0.121 e. The topological polar surface area (TPSA) is 30.5 Å². The van der Waals surface area contributed by atoms with Crippen LogP contribution in [0.5, 0.6) is 5.75 Å². The molecule has 0 radical (unpaired) electrons. The summed E-state index contributed by atoms with van der Waals surface area (Å²) < 4.78 is 10.3. The number of hydrogen-bond acceptors (Lipinski definition) is 3. The summed E-state index contributed by atoms with van der Waals surface area (Å²) in [6.07, 6.45) is 1.02. The molecule has 0 saturated heterocycles. The largest absolute Gasteiger partial charge is 0.496 e. The quantitative estimate of drug-likeness (QED) is 0.737. The zero-order chi connectivity index (χ0) is 12.7. The molecule has 0 aliphatic heterocycles. The van der Waals surface area contributed by atoms with E-state index in [1.165, 1.54) is 11.1 Å². The van der Waals surface area contributed by atoms with Crippen molar-refractivity contribution in [1.82, 2.24) is 5.32 Å². The van der Waals surface area contributed by atoms with Gasteiger partial charge in [0.15, 0.2) is 0 Å². The third-order valence-corrected chi connectivity index (χ3v) is 2.80. The highest BCUT2D eigenvalue weighted by Gasteiger charge is 2.05. The first-order chi connectivity index (χ1) is 8.17. The van der Waals surface area contributed by atoms with Gasteiger partial charge in [-0.3, -0.25) is 0 Å². The lowest BCUT2D eigenvalue weighted by atomic mass is 10.0. The average Bonchev–Trinajstić information content (AvgIpc) is 2.29. The van der Waals surface area contributed by atoms with Crippen LogP contribution < -0.4 is 10.1 Å². The van der Waals surface area contributed by atoms with E-state index in [-0.39, 0.29) is 0 Å².